The number of hydrogen-bond acceptors (Lipinski definition) is 4. The van der Waals surface area contributed by atoms with Gasteiger partial charge in [0.25, 0.3) is 0 Å². The molecule has 2 heterocycles. The minimum atomic E-state index is -0.298. The fourth-order valence-electron chi connectivity index (χ4n) is 3.45. The van der Waals surface area contributed by atoms with Gasteiger partial charge in [0.05, 0.1) is 37.4 Å². The maximum absolute atomic E-state index is 12.4. The Morgan fingerprint density at radius 2 is 2.15 bits per heavy atom. The number of H-pyrrole nitrogens is 1. The van der Waals surface area contributed by atoms with E-state index in [9.17, 15) is 4.79 Å². The van der Waals surface area contributed by atoms with Crippen molar-refractivity contribution in [3.05, 3.63) is 35.5 Å². The van der Waals surface area contributed by atoms with Crippen LogP contribution in [0.5, 0.6) is 0 Å². The lowest BCUT2D eigenvalue weighted by molar-refractivity contribution is -0.908. The second kappa shape index (κ2) is 8.96. The number of para-hydroxylation sites is 1. The maximum atomic E-state index is 12.4. The van der Waals surface area contributed by atoms with Crippen molar-refractivity contribution in [2.75, 3.05) is 51.3 Å². The van der Waals surface area contributed by atoms with Crippen LogP contribution in [0, 0.1) is 6.92 Å². The quantitative estimate of drug-likeness (QED) is 0.568. The van der Waals surface area contributed by atoms with Crippen LogP contribution in [0.3, 0.4) is 0 Å². The SMILES string of the molecule is CCOC(=O)c1c[nH+]c2c(C)cccc2c1NCCC[NH+]1CCOCC1. The van der Waals surface area contributed by atoms with Crippen molar-refractivity contribution in [2.45, 2.75) is 20.3 Å². The van der Waals surface area contributed by atoms with E-state index in [4.69, 9.17) is 9.47 Å². The highest BCUT2D eigenvalue weighted by atomic mass is 16.5. The first kappa shape index (κ1) is 18.6. The molecule has 2 aromatic rings. The van der Waals surface area contributed by atoms with E-state index in [-0.39, 0.29) is 5.97 Å². The molecule has 0 aliphatic carbocycles. The van der Waals surface area contributed by atoms with Crippen LogP contribution in [0.4, 0.5) is 5.69 Å². The molecule has 0 spiro atoms. The summed E-state index contributed by atoms with van der Waals surface area (Å²) in [5.41, 5.74) is 3.61. The van der Waals surface area contributed by atoms with Gasteiger partial charge in [0.2, 0.25) is 5.52 Å². The van der Waals surface area contributed by atoms with E-state index in [1.165, 1.54) is 0 Å². The van der Waals surface area contributed by atoms with Crippen molar-refractivity contribution in [1.82, 2.24) is 0 Å². The van der Waals surface area contributed by atoms with Crippen LogP contribution in [0.25, 0.3) is 10.9 Å². The molecule has 0 radical (unpaired) electrons. The van der Waals surface area contributed by atoms with Gasteiger partial charge in [-0.1, -0.05) is 12.1 Å². The molecule has 0 atom stereocenters. The standard InChI is InChI=1S/C20H27N3O3/c1-3-26-20(24)17-14-22-18-15(2)6-4-7-16(18)19(17)21-8-5-9-23-10-12-25-13-11-23/h4,6-7,14H,3,5,8-13H2,1-2H3,(H,21,22)/p+2. The fraction of sp³-hybridized carbons (Fsp3) is 0.500. The third-order valence-electron chi connectivity index (χ3n) is 4.88. The molecule has 1 aromatic heterocycles. The summed E-state index contributed by atoms with van der Waals surface area (Å²) in [6.07, 6.45) is 2.80. The van der Waals surface area contributed by atoms with Gasteiger partial charge < -0.3 is 19.7 Å². The van der Waals surface area contributed by atoms with Crippen molar-refractivity contribution < 1.29 is 24.2 Å². The smallest absolute Gasteiger partial charge is 0.346 e. The van der Waals surface area contributed by atoms with Crippen LogP contribution >= 0.6 is 0 Å². The Kier molecular flexibility index (Phi) is 6.41. The third kappa shape index (κ3) is 4.31. The van der Waals surface area contributed by atoms with Gasteiger partial charge in [0.15, 0.2) is 6.20 Å². The number of morpholine rings is 1. The van der Waals surface area contributed by atoms with Gasteiger partial charge in [-0.25, -0.2) is 9.78 Å². The normalized spacial score (nSPS) is 15.2. The molecule has 1 aromatic carbocycles. The van der Waals surface area contributed by atoms with Gasteiger partial charge in [-0.3, -0.25) is 0 Å². The Hall–Kier alpha value is -2.18. The summed E-state index contributed by atoms with van der Waals surface area (Å²) in [5.74, 6) is -0.298. The number of fused-ring (bicyclic) bond motifs is 1. The van der Waals surface area contributed by atoms with Crippen molar-refractivity contribution in [3.8, 4) is 0 Å². The molecule has 3 N–H and O–H groups in total. The summed E-state index contributed by atoms with van der Waals surface area (Å²) in [5, 5.41) is 4.52. The molecule has 140 valence electrons. The summed E-state index contributed by atoms with van der Waals surface area (Å²) in [7, 11) is 0. The number of carbonyl (C=O) groups is 1. The van der Waals surface area contributed by atoms with E-state index >= 15 is 0 Å². The number of nitrogens with one attached hydrogen (secondary N) is 3. The molecular formula is C20H29N3O3+2. The Labute approximate surface area is 154 Å². The molecule has 6 nitrogen and oxygen atoms in total. The number of esters is 1. The zero-order valence-corrected chi connectivity index (χ0v) is 15.7. The molecule has 3 rings (SSSR count). The number of aromatic amines is 1. The van der Waals surface area contributed by atoms with E-state index in [1.54, 1.807) is 11.1 Å². The Balaban J connectivity index is 1.76. The van der Waals surface area contributed by atoms with Gasteiger partial charge in [0, 0.05) is 18.5 Å². The molecule has 0 saturated carbocycles. The van der Waals surface area contributed by atoms with Gasteiger partial charge in [0.1, 0.15) is 18.7 Å². The number of rotatable bonds is 7. The van der Waals surface area contributed by atoms with Crippen molar-refractivity contribution in [3.63, 3.8) is 0 Å². The van der Waals surface area contributed by atoms with Crippen LogP contribution in [-0.2, 0) is 9.47 Å². The first-order valence-corrected chi connectivity index (χ1v) is 9.47. The van der Waals surface area contributed by atoms with Crippen molar-refractivity contribution in [2.24, 2.45) is 0 Å². The lowest BCUT2D eigenvalue weighted by atomic mass is 10.1. The third-order valence-corrected chi connectivity index (χ3v) is 4.88. The van der Waals surface area contributed by atoms with Crippen LogP contribution in [-0.4, -0.2) is 52.0 Å². The minimum Gasteiger partial charge on any atom is -0.462 e. The first-order chi connectivity index (χ1) is 12.7. The number of anilines is 1. The highest BCUT2D eigenvalue weighted by molar-refractivity contribution is 6.04. The molecule has 1 aliphatic heterocycles. The van der Waals surface area contributed by atoms with Gasteiger partial charge in [-0.15, -0.1) is 0 Å². The minimum absolute atomic E-state index is 0.298. The number of carbonyl (C=O) groups excluding carboxylic acids is 1. The second-order valence-electron chi connectivity index (χ2n) is 6.69. The van der Waals surface area contributed by atoms with Gasteiger partial charge in [-0.2, -0.15) is 0 Å². The Morgan fingerprint density at radius 3 is 2.92 bits per heavy atom. The number of benzene rings is 1. The predicted molar refractivity (Wildman–Crippen MR) is 101 cm³/mol. The lowest BCUT2D eigenvalue weighted by Gasteiger charge is -2.23. The fourth-order valence-corrected chi connectivity index (χ4v) is 3.45. The molecule has 1 fully saturated rings. The summed E-state index contributed by atoms with van der Waals surface area (Å²) >= 11 is 0. The van der Waals surface area contributed by atoms with Crippen LogP contribution in [0.15, 0.2) is 24.4 Å². The first-order valence-electron chi connectivity index (χ1n) is 9.47. The average Bonchev–Trinajstić information content (AvgIpc) is 2.66. The van der Waals surface area contributed by atoms with Crippen LogP contribution in [0.1, 0.15) is 29.3 Å². The van der Waals surface area contributed by atoms with Crippen molar-refractivity contribution >= 4 is 22.6 Å². The average molecular weight is 359 g/mol. The zero-order chi connectivity index (χ0) is 18.4. The van der Waals surface area contributed by atoms with E-state index in [1.807, 2.05) is 19.1 Å². The van der Waals surface area contributed by atoms with Gasteiger partial charge >= 0.3 is 5.97 Å². The number of ether oxygens (including phenoxy) is 2. The molecule has 0 unspecified atom stereocenters. The summed E-state index contributed by atoms with van der Waals surface area (Å²) in [6, 6.07) is 6.12. The Morgan fingerprint density at radius 1 is 1.35 bits per heavy atom. The molecule has 1 saturated heterocycles. The topological polar surface area (TPSA) is 66.1 Å². The molecular weight excluding hydrogens is 330 g/mol. The molecule has 6 heteroatoms. The maximum Gasteiger partial charge on any atom is 0.346 e. The largest absolute Gasteiger partial charge is 0.462 e. The number of aryl methyl sites for hydroxylation is 1. The van der Waals surface area contributed by atoms with E-state index in [2.05, 4.69) is 23.3 Å². The summed E-state index contributed by atoms with van der Waals surface area (Å²) in [4.78, 5) is 17.2. The zero-order valence-electron chi connectivity index (χ0n) is 15.7. The number of pyridine rings is 1. The molecule has 0 amide bonds. The summed E-state index contributed by atoms with van der Waals surface area (Å²) in [6.45, 7) is 10.1. The molecule has 26 heavy (non-hydrogen) atoms. The molecule has 0 bridgehead atoms. The Bertz CT molecular complexity index is 757. The molecule has 1 aliphatic rings. The highest BCUT2D eigenvalue weighted by Gasteiger charge is 2.21. The van der Waals surface area contributed by atoms with Crippen LogP contribution in [0.2, 0.25) is 0 Å². The number of hydrogen-bond donors (Lipinski definition) is 2. The second-order valence-corrected chi connectivity index (χ2v) is 6.69. The predicted octanol–water partition coefficient (Wildman–Crippen LogP) is 0.856. The van der Waals surface area contributed by atoms with E-state index in [0.717, 1.165) is 68.0 Å². The van der Waals surface area contributed by atoms with Crippen molar-refractivity contribution in [1.29, 1.82) is 0 Å². The van der Waals surface area contributed by atoms with E-state index in [0.29, 0.717) is 12.2 Å². The number of quaternary nitrogens is 1. The van der Waals surface area contributed by atoms with Crippen LogP contribution < -0.4 is 15.2 Å². The number of aromatic nitrogens is 1. The lowest BCUT2D eigenvalue weighted by Crippen LogP contribution is -3.14. The van der Waals surface area contributed by atoms with E-state index < -0.39 is 0 Å². The monoisotopic (exact) mass is 359 g/mol. The highest BCUT2D eigenvalue weighted by Crippen LogP contribution is 2.26. The summed E-state index contributed by atoms with van der Waals surface area (Å²) < 4.78 is 10.6. The van der Waals surface area contributed by atoms with Gasteiger partial charge in [-0.05, 0) is 19.9 Å².